The molecule has 0 fully saturated rings. The number of nitrogens with one attached hydrogen (secondary N) is 1. The van der Waals surface area contributed by atoms with Gasteiger partial charge in [0, 0.05) is 5.69 Å². The van der Waals surface area contributed by atoms with Crippen LogP contribution in [0.2, 0.25) is 0 Å². The number of nitro groups is 1. The van der Waals surface area contributed by atoms with Crippen LogP contribution in [-0.4, -0.2) is 25.2 Å². The van der Waals surface area contributed by atoms with Gasteiger partial charge in [0.25, 0.3) is 5.82 Å². The highest BCUT2D eigenvalue weighted by Gasteiger charge is 2.20. The van der Waals surface area contributed by atoms with Crippen molar-refractivity contribution in [2.75, 3.05) is 5.73 Å². The first-order valence-electron chi connectivity index (χ1n) is 4.24. The van der Waals surface area contributed by atoms with Crippen molar-refractivity contribution in [1.29, 1.82) is 0 Å². The second-order valence-electron chi connectivity index (χ2n) is 2.98. The molecule has 0 spiro atoms. The van der Waals surface area contributed by atoms with E-state index in [1.54, 1.807) is 6.07 Å². The summed E-state index contributed by atoms with van der Waals surface area (Å²) in [6.07, 6.45) is 0. The van der Waals surface area contributed by atoms with Gasteiger partial charge in [-0.1, -0.05) is 11.2 Å². The highest BCUT2D eigenvalue weighted by atomic mass is 16.6. The van der Waals surface area contributed by atoms with Crippen molar-refractivity contribution in [2.45, 2.75) is 0 Å². The lowest BCUT2D eigenvalue weighted by Gasteiger charge is -2.00. The number of phenols is 1. The Bertz CT molecular complexity index is 530. The second kappa shape index (κ2) is 3.50. The van der Waals surface area contributed by atoms with Gasteiger partial charge in [0.15, 0.2) is 0 Å². The first-order chi connectivity index (χ1) is 7.59. The van der Waals surface area contributed by atoms with Gasteiger partial charge in [-0.05, 0) is 22.0 Å². The summed E-state index contributed by atoms with van der Waals surface area (Å²) in [6, 6.07) is 4.49. The molecule has 8 heteroatoms. The van der Waals surface area contributed by atoms with Crippen molar-refractivity contribution in [3.63, 3.8) is 0 Å². The molecule has 0 aliphatic carbocycles. The lowest BCUT2D eigenvalue weighted by atomic mass is 10.1. The van der Waals surface area contributed by atoms with Crippen LogP contribution in [0.5, 0.6) is 5.75 Å². The summed E-state index contributed by atoms with van der Waals surface area (Å²) in [6.45, 7) is 0. The monoisotopic (exact) mass is 221 g/mol. The van der Waals surface area contributed by atoms with Gasteiger partial charge in [0.1, 0.15) is 11.3 Å². The lowest BCUT2D eigenvalue weighted by molar-refractivity contribution is -0.394. The minimum Gasteiger partial charge on any atom is -0.507 e. The number of benzene rings is 1. The summed E-state index contributed by atoms with van der Waals surface area (Å²) < 4.78 is 0. The van der Waals surface area contributed by atoms with Crippen LogP contribution in [0, 0.1) is 10.1 Å². The zero-order valence-electron chi connectivity index (χ0n) is 7.91. The summed E-state index contributed by atoms with van der Waals surface area (Å²) in [5, 5.41) is 25.7. The quantitative estimate of drug-likeness (QED) is 0.388. The maximum Gasteiger partial charge on any atom is 0.453 e. The average Bonchev–Trinajstić information content (AvgIpc) is 2.66. The number of hydrogen-bond donors (Lipinski definition) is 3. The normalized spacial score (nSPS) is 10.2. The molecule has 0 aliphatic heterocycles. The van der Waals surface area contributed by atoms with Gasteiger partial charge >= 0.3 is 5.95 Å². The van der Waals surface area contributed by atoms with E-state index in [9.17, 15) is 15.2 Å². The van der Waals surface area contributed by atoms with Crippen molar-refractivity contribution in [3.05, 3.63) is 28.3 Å². The molecular formula is C8H7N5O3. The zero-order chi connectivity index (χ0) is 11.7. The van der Waals surface area contributed by atoms with Gasteiger partial charge < -0.3 is 21.0 Å². The SMILES string of the molecule is Nc1cccc(O)c1-c1n[nH]c([N+](=O)[O-])n1. The number of aromatic nitrogens is 3. The van der Waals surface area contributed by atoms with Crippen molar-refractivity contribution < 1.29 is 10.0 Å². The maximum absolute atomic E-state index is 10.4. The Morgan fingerprint density at radius 2 is 2.25 bits per heavy atom. The van der Waals surface area contributed by atoms with Crippen molar-refractivity contribution in [2.24, 2.45) is 0 Å². The molecule has 1 aromatic heterocycles. The molecule has 0 saturated heterocycles. The van der Waals surface area contributed by atoms with Crippen molar-refractivity contribution in [3.8, 4) is 17.1 Å². The fraction of sp³-hybridized carbons (Fsp3) is 0. The summed E-state index contributed by atoms with van der Waals surface area (Å²) in [5.41, 5.74) is 6.03. The third-order valence-electron chi connectivity index (χ3n) is 1.94. The molecule has 0 amide bonds. The lowest BCUT2D eigenvalue weighted by Crippen LogP contribution is -1.92. The first kappa shape index (κ1) is 9.90. The summed E-state index contributed by atoms with van der Waals surface area (Å²) >= 11 is 0. The predicted octanol–water partition coefficient (Wildman–Crippen LogP) is 0.668. The Morgan fingerprint density at radius 1 is 1.50 bits per heavy atom. The summed E-state index contributed by atoms with van der Waals surface area (Å²) in [5.74, 6) is -0.645. The number of aromatic amines is 1. The minimum atomic E-state index is -0.716. The largest absolute Gasteiger partial charge is 0.507 e. The number of rotatable bonds is 2. The highest BCUT2D eigenvalue weighted by Crippen LogP contribution is 2.32. The van der Waals surface area contributed by atoms with Crippen LogP contribution in [0.1, 0.15) is 0 Å². The summed E-state index contributed by atoms with van der Waals surface area (Å²) in [7, 11) is 0. The van der Waals surface area contributed by atoms with E-state index < -0.39 is 10.9 Å². The number of hydrogen-bond acceptors (Lipinski definition) is 6. The minimum absolute atomic E-state index is 0.0118. The van der Waals surface area contributed by atoms with E-state index in [4.69, 9.17) is 5.73 Å². The molecule has 2 aromatic rings. The van der Waals surface area contributed by atoms with Gasteiger partial charge in [-0.3, -0.25) is 0 Å². The molecule has 0 aliphatic rings. The van der Waals surface area contributed by atoms with Crippen LogP contribution in [0.15, 0.2) is 18.2 Å². The fourth-order valence-corrected chi connectivity index (χ4v) is 1.25. The molecule has 82 valence electrons. The molecule has 0 radical (unpaired) electrons. The number of nitrogen functional groups attached to an aromatic ring is 1. The van der Waals surface area contributed by atoms with Crippen LogP contribution >= 0.6 is 0 Å². The number of anilines is 1. The van der Waals surface area contributed by atoms with E-state index in [0.29, 0.717) is 0 Å². The molecule has 4 N–H and O–H groups in total. The summed E-state index contributed by atoms with van der Waals surface area (Å²) in [4.78, 5) is 13.3. The number of aromatic hydroxyl groups is 1. The van der Waals surface area contributed by atoms with E-state index in [2.05, 4.69) is 15.2 Å². The predicted molar refractivity (Wildman–Crippen MR) is 54.6 cm³/mol. The Labute approximate surface area is 88.9 Å². The molecule has 1 heterocycles. The second-order valence-corrected chi connectivity index (χ2v) is 2.98. The zero-order valence-corrected chi connectivity index (χ0v) is 7.91. The molecule has 1 aromatic carbocycles. The molecule has 0 atom stereocenters. The standard InChI is InChI=1S/C8H7N5O3/c9-4-2-1-3-5(14)6(4)7-10-8(12-11-7)13(15)16/h1-3,14H,9H2,(H,10,11,12). The molecule has 0 unspecified atom stereocenters. The van der Waals surface area contributed by atoms with E-state index in [1.165, 1.54) is 12.1 Å². The van der Waals surface area contributed by atoms with Gasteiger partial charge in [-0.25, -0.2) is 0 Å². The molecule has 2 rings (SSSR count). The molecule has 8 nitrogen and oxygen atoms in total. The number of nitrogens with two attached hydrogens (primary N) is 1. The van der Waals surface area contributed by atoms with Crippen LogP contribution in [0.25, 0.3) is 11.4 Å². The molecule has 0 saturated carbocycles. The van der Waals surface area contributed by atoms with E-state index in [0.717, 1.165) is 0 Å². The smallest absolute Gasteiger partial charge is 0.453 e. The van der Waals surface area contributed by atoms with Crippen LogP contribution in [0.4, 0.5) is 11.6 Å². The first-order valence-corrected chi connectivity index (χ1v) is 4.24. The maximum atomic E-state index is 10.4. The third kappa shape index (κ3) is 1.52. The fourth-order valence-electron chi connectivity index (χ4n) is 1.25. The molecular weight excluding hydrogens is 214 g/mol. The Kier molecular flexibility index (Phi) is 2.16. The van der Waals surface area contributed by atoms with Crippen molar-refractivity contribution in [1.82, 2.24) is 15.2 Å². The third-order valence-corrected chi connectivity index (χ3v) is 1.94. The topological polar surface area (TPSA) is 131 Å². The highest BCUT2D eigenvalue weighted by molar-refractivity contribution is 5.77. The molecule has 0 bridgehead atoms. The average molecular weight is 221 g/mol. The van der Waals surface area contributed by atoms with Gasteiger partial charge in [0.2, 0.25) is 0 Å². The van der Waals surface area contributed by atoms with Crippen LogP contribution in [-0.2, 0) is 0 Å². The Morgan fingerprint density at radius 3 is 2.81 bits per heavy atom. The Balaban J connectivity index is 2.54. The van der Waals surface area contributed by atoms with Gasteiger partial charge in [-0.2, -0.15) is 0 Å². The van der Waals surface area contributed by atoms with E-state index in [1.807, 2.05) is 0 Å². The van der Waals surface area contributed by atoms with E-state index in [-0.39, 0.29) is 22.8 Å². The van der Waals surface area contributed by atoms with Crippen LogP contribution < -0.4 is 5.73 Å². The van der Waals surface area contributed by atoms with Gasteiger partial charge in [0.05, 0.1) is 0 Å². The number of nitrogens with zero attached hydrogens (tertiary/aromatic N) is 3. The van der Waals surface area contributed by atoms with Gasteiger partial charge in [-0.15, -0.1) is 5.10 Å². The number of H-pyrrole nitrogens is 1. The molecule has 16 heavy (non-hydrogen) atoms. The van der Waals surface area contributed by atoms with E-state index >= 15 is 0 Å². The Hall–Kier alpha value is -2.64. The van der Waals surface area contributed by atoms with Crippen LogP contribution in [0.3, 0.4) is 0 Å². The number of phenolic OH excluding ortho intramolecular Hbond substituents is 1. The van der Waals surface area contributed by atoms with Crippen molar-refractivity contribution >= 4 is 11.6 Å².